The van der Waals surface area contributed by atoms with Gasteiger partial charge >= 0.3 is 0 Å². The molecule has 1 saturated heterocycles. The highest BCUT2D eigenvalue weighted by molar-refractivity contribution is 7.89. The Morgan fingerprint density at radius 1 is 1.61 bits per heavy atom. The molecule has 0 aliphatic carbocycles. The van der Waals surface area contributed by atoms with Crippen LogP contribution >= 0.6 is 0 Å². The van der Waals surface area contributed by atoms with Crippen LogP contribution in [0.4, 0.5) is 0 Å². The third kappa shape index (κ3) is 2.89. The summed E-state index contributed by atoms with van der Waals surface area (Å²) < 4.78 is 27.2. The Labute approximate surface area is 107 Å². The summed E-state index contributed by atoms with van der Waals surface area (Å²) in [4.78, 5) is 2.11. The van der Waals surface area contributed by atoms with E-state index in [1.807, 2.05) is 7.05 Å². The molecule has 8 heteroatoms. The van der Waals surface area contributed by atoms with Gasteiger partial charge in [0.05, 0.1) is 6.20 Å². The monoisotopic (exact) mass is 273 g/mol. The molecule has 3 N–H and O–H groups in total. The molecule has 0 spiro atoms. The molecule has 102 valence electrons. The zero-order chi connectivity index (χ0) is 13.2. The summed E-state index contributed by atoms with van der Waals surface area (Å²) in [5, 5.41) is 9.45. The van der Waals surface area contributed by atoms with E-state index in [2.05, 4.69) is 25.1 Å². The average Bonchev–Trinajstić information content (AvgIpc) is 2.88. The van der Waals surface area contributed by atoms with Crippen molar-refractivity contribution in [3.05, 3.63) is 11.8 Å². The summed E-state index contributed by atoms with van der Waals surface area (Å²) in [5.41, 5.74) is 0.649. The average molecular weight is 273 g/mol. The third-order valence-electron chi connectivity index (χ3n) is 3.03. The van der Waals surface area contributed by atoms with E-state index in [-0.39, 0.29) is 11.1 Å². The molecule has 2 heterocycles. The van der Waals surface area contributed by atoms with Crippen LogP contribution in [0.25, 0.3) is 0 Å². The van der Waals surface area contributed by atoms with Crippen molar-refractivity contribution in [1.29, 1.82) is 0 Å². The predicted molar refractivity (Wildman–Crippen MR) is 67.6 cm³/mol. The van der Waals surface area contributed by atoms with Crippen molar-refractivity contribution in [3.63, 3.8) is 0 Å². The summed E-state index contributed by atoms with van der Waals surface area (Å²) in [6.45, 7) is 2.13. The van der Waals surface area contributed by atoms with Crippen LogP contribution in [0.1, 0.15) is 12.0 Å². The normalized spacial score (nSPS) is 21.6. The van der Waals surface area contributed by atoms with Crippen LogP contribution in [-0.4, -0.2) is 56.7 Å². The lowest BCUT2D eigenvalue weighted by molar-refractivity contribution is 0.407. The van der Waals surface area contributed by atoms with Gasteiger partial charge in [-0.25, -0.2) is 13.1 Å². The maximum Gasteiger partial charge on any atom is 0.258 e. The minimum atomic E-state index is -3.51. The molecule has 0 aromatic carbocycles. The van der Waals surface area contributed by atoms with Crippen LogP contribution < -0.4 is 10.0 Å². The van der Waals surface area contributed by atoms with E-state index in [0.717, 1.165) is 19.5 Å². The Hall–Kier alpha value is -0.960. The lowest BCUT2D eigenvalue weighted by Crippen LogP contribution is -2.37. The number of aromatic amines is 1. The fourth-order valence-corrected chi connectivity index (χ4v) is 3.55. The highest BCUT2D eigenvalue weighted by Gasteiger charge is 2.27. The van der Waals surface area contributed by atoms with Gasteiger partial charge in [0.1, 0.15) is 0 Å². The summed E-state index contributed by atoms with van der Waals surface area (Å²) in [6.07, 6.45) is 2.37. The lowest BCUT2D eigenvalue weighted by atomic mass is 10.3. The van der Waals surface area contributed by atoms with Crippen LogP contribution in [-0.2, 0) is 16.6 Å². The number of likely N-dealkylation sites (N-methyl/N-ethyl adjacent to an activating group) is 1. The first-order valence-corrected chi connectivity index (χ1v) is 7.39. The highest BCUT2D eigenvalue weighted by Crippen LogP contribution is 2.14. The van der Waals surface area contributed by atoms with Gasteiger partial charge in [0.15, 0.2) is 5.03 Å². The second-order valence-electron chi connectivity index (χ2n) is 4.62. The molecular formula is C10H19N5O2S. The summed E-state index contributed by atoms with van der Waals surface area (Å²) in [6, 6.07) is -0.0225. The Balaban J connectivity index is 2.12. The summed E-state index contributed by atoms with van der Waals surface area (Å²) >= 11 is 0. The van der Waals surface area contributed by atoms with Crippen LogP contribution in [0, 0.1) is 0 Å². The van der Waals surface area contributed by atoms with Crippen molar-refractivity contribution in [2.45, 2.75) is 24.0 Å². The highest BCUT2D eigenvalue weighted by atomic mass is 32.2. The fourth-order valence-electron chi connectivity index (χ4n) is 2.16. The molecule has 0 radical (unpaired) electrons. The van der Waals surface area contributed by atoms with Gasteiger partial charge in [0.2, 0.25) is 0 Å². The van der Waals surface area contributed by atoms with Gasteiger partial charge < -0.3 is 10.2 Å². The number of hydrogen-bond donors (Lipinski definition) is 3. The lowest BCUT2D eigenvalue weighted by Gasteiger charge is -2.13. The fraction of sp³-hybridized carbons (Fsp3) is 0.700. The maximum absolute atomic E-state index is 12.2. The van der Waals surface area contributed by atoms with Crippen molar-refractivity contribution in [3.8, 4) is 0 Å². The van der Waals surface area contributed by atoms with Gasteiger partial charge in [-0.15, -0.1) is 0 Å². The molecule has 18 heavy (non-hydrogen) atoms. The number of nitrogens with zero attached hydrogens (tertiary/aromatic N) is 2. The van der Waals surface area contributed by atoms with Crippen LogP contribution in [0.3, 0.4) is 0 Å². The van der Waals surface area contributed by atoms with Crippen LogP contribution in [0.2, 0.25) is 0 Å². The molecule has 1 atom stereocenters. The van der Waals surface area contributed by atoms with E-state index >= 15 is 0 Å². The van der Waals surface area contributed by atoms with Gasteiger partial charge in [-0.2, -0.15) is 5.10 Å². The smallest absolute Gasteiger partial charge is 0.258 e. The SMILES string of the molecule is CNCc1cn[nH]c1S(=O)(=O)NC1CCN(C)C1. The van der Waals surface area contributed by atoms with E-state index in [4.69, 9.17) is 0 Å². The summed E-state index contributed by atoms with van der Waals surface area (Å²) in [5.74, 6) is 0. The van der Waals surface area contributed by atoms with Gasteiger partial charge in [-0.05, 0) is 27.1 Å². The number of sulfonamides is 1. The summed E-state index contributed by atoms with van der Waals surface area (Å²) in [7, 11) is 0.238. The minimum Gasteiger partial charge on any atom is -0.316 e. The third-order valence-corrected chi connectivity index (χ3v) is 4.56. The van der Waals surface area contributed by atoms with Crippen molar-refractivity contribution in [2.24, 2.45) is 0 Å². The minimum absolute atomic E-state index is 0.0225. The molecule has 1 fully saturated rings. The van der Waals surface area contributed by atoms with Crippen molar-refractivity contribution >= 4 is 10.0 Å². The van der Waals surface area contributed by atoms with E-state index in [1.165, 1.54) is 6.20 Å². The largest absolute Gasteiger partial charge is 0.316 e. The van der Waals surface area contributed by atoms with E-state index in [0.29, 0.717) is 12.1 Å². The quantitative estimate of drug-likeness (QED) is 0.647. The Kier molecular flexibility index (Phi) is 4.00. The number of hydrogen-bond acceptors (Lipinski definition) is 5. The first kappa shape index (κ1) is 13.5. The number of nitrogens with one attached hydrogen (secondary N) is 3. The Morgan fingerprint density at radius 3 is 3.00 bits per heavy atom. The van der Waals surface area contributed by atoms with Gasteiger partial charge in [0.25, 0.3) is 10.0 Å². The van der Waals surface area contributed by atoms with E-state index in [1.54, 1.807) is 7.05 Å². The van der Waals surface area contributed by atoms with E-state index in [9.17, 15) is 8.42 Å². The predicted octanol–water partition coefficient (Wildman–Crippen LogP) is -0.888. The maximum atomic E-state index is 12.2. The molecule has 1 unspecified atom stereocenters. The molecule has 0 saturated carbocycles. The molecule has 0 amide bonds. The second kappa shape index (κ2) is 5.35. The molecule has 1 aromatic heterocycles. The zero-order valence-corrected chi connectivity index (χ0v) is 11.4. The standard InChI is InChI=1S/C10H19N5O2S/c1-11-5-8-6-12-13-10(8)18(16,17)14-9-3-4-15(2)7-9/h6,9,11,14H,3-5,7H2,1-2H3,(H,12,13). The van der Waals surface area contributed by atoms with Crippen molar-refractivity contribution < 1.29 is 8.42 Å². The van der Waals surface area contributed by atoms with E-state index < -0.39 is 10.0 Å². The Bertz CT molecular complexity index is 498. The number of likely N-dealkylation sites (tertiary alicyclic amines) is 1. The second-order valence-corrected chi connectivity index (χ2v) is 6.27. The zero-order valence-electron chi connectivity index (χ0n) is 10.6. The van der Waals surface area contributed by atoms with Gasteiger partial charge in [-0.3, -0.25) is 5.10 Å². The number of aromatic nitrogens is 2. The van der Waals surface area contributed by atoms with Crippen LogP contribution in [0.5, 0.6) is 0 Å². The van der Waals surface area contributed by atoms with Gasteiger partial charge in [0, 0.05) is 24.7 Å². The molecule has 1 aliphatic rings. The molecule has 2 rings (SSSR count). The van der Waals surface area contributed by atoms with Crippen molar-refractivity contribution in [2.75, 3.05) is 27.2 Å². The topological polar surface area (TPSA) is 90.1 Å². The first-order valence-electron chi connectivity index (χ1n) is 5.90. The van der Waals surface area contributed by atoms with Crippen molar-refractivity contribution in [1.82, 2.24) is 25.1 Å². The van der Waals surface area contributed by atoms with Crippen LogP contribution in [0.15, 0.2) is 11.2 Å². The number of H-pyrrole nitrogens is 1. The Morgan fingerprint density at radius 2 is 2.39 bits per heavy atom. The number of rotatable bonds is 5. The molecule has 7 nitrogen and oxygen atoms in total. The molecular weight excluding hydrogens is 254 g/mol. The van der Waals surface area contributed by atoms with Gasteiger partial charge in [-0.1, -0.05) is 0 Å². The molecule has 1 aromatic rings. The first-order chi connectivity index (χ1) is 8.53. The molecule has 0 bridgehead atoms. The molecule has 1 aliphatic heterocycles.